The van der Waals surface area contributed by atoms with Gasteiger partial charge in [-0.3, -0.25) is 0 Å². The van der Waals surface area contributed by atoms with Crippen molar-refractivity contribution in [3.63, 3.8) is 0 Å². The van der Waals surface area contributed by atoms with E-state index < -0.39 is 24.4 Å². The van der Waals surface area contributed by atoms with Crippen LogP contribution in [-0.4, -0.2) is 37.3 Å². The molecule has 0 aromatic heterocycles. The lowest BCUT2D eigenvalue weighted by Gasteiger charge is -2.37. The molecule has 4 nitrogen and oxygen atoms in total. The Labute approximate surface area is 131 Å². The summed E-state index contributed by atoms with van der Waals surface area (Å²) in [5.74, 6) is 0. The number of nitrogens with zero attached hydrogens (tertiary/aromatic N) is 1. The number of hydrogen-bond acceptors (Lipinski definition) is 2. The molecule has 22 heavy (non-hydrogen) atoms. The Morgan fingerprint density at radius 2 is 2.14 bits per heavy atom. The molecule has 0 aliphatic carbocycles. The molecule has 122 valence electrons. The largest absolute Gasteiger partial charge is 0.423 e. The smallest absolute Gasteiger partial charge is 0.359 e. The van der Waals surface area contributed by atoms with Crippen LogP contribution in [0.2, 0.25) is 5.02 Å². The summed E-state index contributed by atoms with van der Waals surface area (Å²) in [6, 6.07) is 3.34. The third kappa shape index (κ3) is 2.87. The molecule has 0 spiro atoms. The molecule has 2 rings (SSSR count). The van der Waals surface area contributed by atoms with Gasteiger partial charge in [-0.25, -0.2) is 4.79 Å². The highest BCUT2D eigenvalue weighted by Gasteiger charge is 2.60. The van der Waals surface area contributed by atoms with E-state index in [-0.39, 0.29) is 22.9 Å². The van der Waals surface area contributed by atoms with Crippen molar-refractivity contribution in [3.8, 4) is 0 Å². The fraction of sp³-hybridized carbons (Fsp3) is 0.500. The van der Waals surface area contributed by atoms with Crippen LogP contribution in [0.25, 0.3) is 0 Å². The summed E-state index contributed by atoms with van der Waals surface area (Å²) >= 11 is 5.86. The first-order valence-corrected chi connectivity index (χ1v) is 7.12. The highest BCUT2D eigenvalue weighted by Crippen LogP contribution is 2.47. The number of benzene rings is 1. The van der Waals surface area contributed by atoms with Crippen LogP contribution in [0, 0.1) is 0 Å². The fourth-order valence-electron chi connectivity index (χ4n) is 2.39. The number of carbonyl (C=O) groups excluding carboxylic acids is 1. The van der Waals surface area contributed by atoms with Crippen LogP contribution >= 0.6 is 11.6 Å². The number of rotatable bonds is 3. The zero-order valence-corrected chi connectivity index (χ0v) is 12.9. The van der Waals surface area contributed by atoms with Crippen molar-refractivity contribution in [3.05, 3.63) is 28.8 Å². The molecule has 1 unspecified atom stereocenters. The average Bonchev–Trinajstić information content (AvgIpc) is 2.53. The van der Waals surface area contributed by atoms with Gasteiger partial charge >= 0.3 is 12.2 Å². The van der Waals surface area contributed by atoms with Crippen molar-refractivity contribution < 1.29 is 22.7 Å². The molecule has 1 aliphatic heterocycles. The van der Waals surface area contributed by atoms with Gasteiger partial charge in [0, 0.05) is 29.9 Å². The Hall–Kier alpha value is -1.47. The van der Waals surface area contributed by atoms with Gasteiger partial charge in [-0.2, -0.15) is 13.2 Å². The van der Waals surface area contributed by atoms with Gasteiger partial charge in [0.2, 0.25) is 5.60 Å². The van der Waals surface area contributed by atoms with Crippen molar-refractivity contribution in [2.45, 2.75) is 25.1 Å². The number of ether oxygens (including phenoxy) is 1. The number of likely N-dealkylation sites (N-methyl/N-ethyl adjacent to an activating group) is 1. The topological polar surface area (TPSA) is 41.6 Å². The number of anilines is 1. The Morgan fingerprint density at radius 3 is 2.73 bits per heavy atom. The predicted octanol–water partition coefficient (Wildman–Crippen LogP) is 4.00. The fourth-order valence-corrected chi connectivity index (χ4v) is 2.56. The molecule has 2 amide bonds. The van der Waals surface area contributed by atoms with Crippen LogP contribution in [0.4, 0.5) is 23.7 Å². The van der Waals surface area contributed by atoms with E-state index in [1.807, 2.05) is 0 Å². The second kappa shape index (κ2) is 5.96. The number of nitrogens with one attached hydrogen (secondary N) is 1. The van der Waals surface area contributed by atoms with Gasteiger partial charge in [-0.15, -0.1) is 0 Å². The number of urea groups is 1. The zero-order chi connectivity index (χ0) is 16.5. The number of alkyl halides is 3. The maximum atomic E-state index is 13.9. The number of carbonyl (C=O) groups is 1. The van der Waals surface area contributed by atoms with Crippen molar-refractivity contribution in [2.75, 3.05) is 25.5 Å². The first-order chi connectivity index (χ1) is 10.2. The van der Waals surface area contributed by atoms with Gasteiger partial charge < -0.3 is 15.0 Å². The van der Waals surface area contributed by atoms with Crippen LogP contribution in [0.5, 0.6) is 0 Å². The van der Waals surface area contributed by atoms with Gasteiger partial charge in [-0.1, -0.05) is 18.5 Å². The number of fused-ring (bicyclic) bond motifs is 1. The average molecular weight is 337 g/mol. The Bertz CT molecular complexity index is 580. The van der Waals surface area contributed by atoms with Crippen LogP contribution in [0.3, 0.4) is 0 Å². The van der Waals surface area contributed by atoms with Gasteiger partial charge in [0.05, 0.1) is 6.54 Å². The minimum Gasteiger partial charge on any atom is -0.359 e. The highest BCUT2D eigenvalue weighted by molar-refractivity contribution is 6.30. The first kappa shape index (κ1) is 16.9. The molecule has 1 aromatic carbocycles. The van der Waals surface area contributed by atoms with E-state index in [2.05, 4.69) is 5.32 Å². The standard InChI is InChI=1S/C14H16ClF3N2O2/c1-3-6-22-13(14(16,17)18)8-20(2)12(21)19-11-5-4-9(15)7-10(11)13/h4-5,7H,3,6,8H2,1-2H3,(H,19,21). The van der Waals surface area contributed by atoms with Crippen molar-refractivity contribution in [1.82, 2.24) is 4.90 Å². The summed E-state index contributed by atoms with van der Waals surface area (Å²) in [7, 11) is 1.29. The molecule has 1 N–H and O–H groups in total. The Balaban J connectivity index is 2.68. The van der Waals surface area contributed by atoms with Gasteiger partial charge in [0.15, 0.2) is 0 Å². The summed E-state index contributed by atoms with van der Waals surface area (Å²) in [4.78, 5) is 12.9. The van der Waals surface area contributed by atoms with E-state index in [1.165, 1.54) is 25.2 Å². The van der Waals surface area contributed by atoms with E-state index in [4.69, 9.17) is 16.3 Å². The summed E-state index contributed by atoms with van der Waals surface area (Å²) in [6.45, 7) is 0.982. The molecule has 1 heterocycles. The number of amides is 2. The van der Waals surface area contributed by atoms with E-state index in [0.717, 1.165) is 4.90 Å². The summed E-state index contributed by atoms with van der Waals surface area (Å²) in [5.41, 5.74) is -2.75. The normalized spacial score (nSPS) is 22.1. The Morgan fingerprint density at radius 1 is 1.45 bits per heavy atom. The lowest BCUT2D eigenvalue weighted by atomic mass is 9.91. The highest BCUT2D eigenvalue weighted by atomic mass is 35.5. The van der Waals surface area contributed by atoms with Crippen LogP contribution in [0.1, 0.15) is 18.9 Å². The SMILES string of the molecule is CCCOC1(C(F)(F)F)CN(C)C(=O)Nc2ccc(Cl)cc21. The number of halogens is 4. The molecule has 0 radical (unpaired) electrons. The van der Waals surface area contributed by atoms with Gasteiger partial charge in [-0.05, 0) is 24.6 Å². The number of hydrogen-bond donors (Lipinski definition) is 1. The van der Waals surface area contributed by atoms with E-state index in [9.17, 15) is 18.0 Å². The van der Waals surface area contributed by atoms with Crippen molar-refractivity contribution in [1.29, 1.82) is 0 Å². The third-order valence-electron chi connectivity index (χ3n) is 3.48. The molecule has 0 saturated carbocycles. The minimum atomic E-state index is -4.71. The lowest BCUT2D eigenvalue weighted by Crippen LogP contribution is -2.52. The molecular weight excluding hydrogens is 321 g/mol. The van der Waals surface area contributed by atoms with Crippen molar-refractivity contribution in [2.24, 2.45) is 0 Å². The molecular formula is C14H16ClF3N2O2. The Kier molecular flexibility index (Phi) is 4.58. The maximum absolute atomic E-state index is 13.9. The molecule has 8 heteroatoms. The lowest BCUT2D eigenvalue weighted by molar-refractivity contribution is -0.286. The third-order valence-corrected chi connectivity index (χ3v) is 3.71. The van der Waals surface area contributed by atoms with E-state index in [1.54, 1.807) is 6.92 Å². The molecule has 0 bridgehead atoms. The monoisotopic (exact) mass is 336 g/mol. The van der Waals surface area contributed by atoms with E-state index >= 15 is 0 Å². The van der Waals surface area contributed by atoms with Gasteiger partial charge in [0.1, 0.15) is 0 Å². The van der Waals surface area contributed by atoms with Gasteiger partial charge in [0.25, 0.3) is 0 Å². The van der Waals surface area contributed by atoms with Crippen molar-refractivity contribution >= 4 is 23.3 Å². The van der Waals surface area contributed by atoms with Crippen LogP contribution < -0.4 is 5.32 Å². The second-order valence-electron chi connectivity index (χ2n) is 5.15. The molecule has 0 fully saturated rings. The predicted molar refractivity (Wildman–Crippen MR) is 77.1 cm³/mol. The van der Waals surface area contributed by atoms with Crippen LogP contribution in [0.15, 0.2) is 18.2 Å². The molecule has 1 aliphatic rings. The summed E-state index contributed by atoms with van der Waals surface area (Å²) < 4.78 is 46.9. The quantitative estimate of drug-likeness (QED) is 0.906. The first-order valence-electron chi connectivity index (χ1n) is 6.74. The molecule has 1 aromatic rings. The summed E-state index contributed by atoms with van der Waals surface area (Å²) in [6.07, 6.45) is -4.29. The molecule has 1 atom stereocenters. The zero-order valence-electron chi connectivity index (χ0n) is 12.1. The molecule has 0 saturated heterocycles. The second-order valence-corrected chi connectivity index (χ2v) is 5.59. The van der Waals surface area contributed by atoms with Crippen LogP contribution in [-0.2, 0) is 10.3 Å². The summed E-state index contributed by atoms with van der Waals surface area (Å²) in [5, 5.41) is 2.60. The maximum Gasteiger partial charge on any atom is 0.423 e. The minimum absolute atomic E-state index is 0.0483. The van der Waals surface area contributed by atoms with E-state index in [0.29, 0.717) is 6.42 Å².